The summed E-state index contributed by atoms with van der Waals surface area (Å²) in [6, 6.07) is 1.34. The molecular formula is C6H6ClFNO+. The van der Waals surface area contributed by atoms with E-state index in [9.17, 15) is 4.39 Å². The van der Waals surface area contributed by atoms with Gasteiger partial charge in [-0.05, 0) is 0 Å². The smallest absolute Gasteiger partial charge is 0.259 e. The van der Waals surface area contributed by atoms with Crippen LogP contribution in [0.2, 0.25) is 5.02 Å². The Balaban J connectivity index is 3.28. The van der Waals surface area contributed by atoms with E-state index >= 15 is 0 Å². The zero-order valence-electron chi connectivity index (χ0n) is 5.31. The fraction of sp³-hybridized carbons (Fsp3) is 0.167. The van der Waals surface area contributed by atoms with E-state index < -0.39 is 5.82 Å². The first-order valence-electron chi connectivity index (χ1n) is 2.68. The van der Waals surface area contributed by atoms with E-state index in [1.54, 1.807) is 6.92 Å². The predicted octanol–water partition coefficient (Wildman–Crippen LogP) is 1.31. The third-order valence-corrected chi connectivity index (χ3v) is 1.45. The van der Waals surface area contributed by atoms with Gasteiger partial charge in [0.1, 0.15) is 0 Å². The summed E-state index contributed by atoms with van der Waals surface area (Å²) in [5.41, 5.74) is 0.492. The number of nitrogens with zero attached hydrogens (tertiary/aromatic N) is 1. The van der Waals surface area contributed by atoms with Crippen molar-refractivity contribution < 1.29 is 14.3 Å². The largest absolute Gasteiger partial charge is 0.285 e. The molecule has 0 saturated carbocycles. The van der Waals surface area contributed by atoms with Crippen molar-refractivity contribution >= 4 is 11.6 Å². The topological polar surface area (TPSA) is 24.1 Å². The van der Waals surface area contributed by atoms with Gasteiger partial charge in [-0.2, -0.15) is 4.39 Å². The van der Waals surface area contributed by atoms with E-state index in [-0.39, 0.29) is 5.02 Å². The highest BCUT2D eigenvalue weighted by Gasteiger charge is 2.10. The van der Waals surface area contributed by atoms with E-state index in [0.29, 0.717) is 10.4 Å². The third kappa shape index (κ3) is 1.19. The molecule has 2 nitrogen and oxygen atoms in total. The van der Waals surface area contributed by atoms with Crippen molar-refractivity contribution in [2.75, 3.05) is 0 Å². The van der Waals surface area contributed by atoms with Crippen LogP contribution in [0.3, 0.4) is 0 Å². The second-order valence-electron chi connectivity index (χ2n) is 1.96. The lowest BCUT2D eigenvalue weighted by molar-refractivity contribution is -0.909. The van der Waals surface area contributed by atoms with Crippen molar-refractivity contribution in [1.29, 1.82) is 0 Å². The molecule has 0 saturated heterocycles. The number of hydrogen-bond donors (Lipinski definition) is 1. The maximum absolute atomic E-state index is 12.4. The number of aryl methyl sites for hydroxylation is 1. The van der Waals surface area contributed by atoms with Crippen molar-refractivity contribution in [2.45, 2.75) is 6.92 Å². The van der Waals surface area contributed by atoms with Crippen LogP contribution in [-0.4, -0.2) is 5.21 Å². The van der Waals surface area contributed by atoms with E-state index in [1.807, 2.05) is 0 Å². The molecule has 1 aromatic heterocycles. The maximum Gasteiger partial charge on any atom is 0.259 e. The lowest BCUT2D eigenvalue weighted by Crippen LogP contribution is -2.33. The highest BCUT2D eigenvalue weighted by atomic mass is 35.5. The van der Waals surface area contributed by atoms with Crippen molar-refractivity contribution in [3.8, 4) is 0 Å². The summed E-state index contributed by atoms with van der Waals surface area (Å²) < 4.78 is 13.1. The highest BCUT2D eigenvalue weighted by Crippen LogP contribution is 2.11. The number of aromatic nitrogens is 1. The molecule has 0 aliphatic carbocycles. The molecule has 1 aromatic rings. The molecule has 0 aromatic carbocycles. The average Bonchev–Trinajstić information content (AvgIpc) is 1.84. The Morgan fingerprint density at radius 2 is 2.30 bits per heavy atom. The number of rotatable bonds is 0. The Morgan fingerprint density at radius 3 is 2.80 bits per heavy atom. The minimum atomic E-state index is -0.630. The van der Waals surface area contributed by atoms with Crippen LogP contribution in [0.1, 0.15) is 5.69 Å². The summed E-state index contributed by atoms with van der Waals surface area (Å²) in [6.45, 7) is 1.62. The van der Waals surface area contributed by atoms with Gasteiger partial charge in [0, 0.05) is 17.7 Å². The van der Waals surface area contributed by atoms with E-state index in [0.717, 1.165) is 6.20 Å². The van der Waals surface area contributed by atoms with Crippen LogP contribution in [0.4, 0.5) is 4.39 Å². The van der Waals surface area contributed by atoms with Crippen molar-refractivity contribution in [2.24, 2.45) is 0 Å². The third-order valence-electron chi connectivity index (χ3n) is 1.16. The molecule has 54 valence electrons. The summed E-state index contributed by atoms with van der Waals surface area (Å²) in [5, 5.41) is 8.86. The number of hydrogen-bond acceptors (Lipinski definition) is 1. The molecule has 0 aliphatic rings. The van der Waals surface area contributed by atoms with Crippen molar-refractivity contribution in [3.05, 3.63) is 28.8 Å². The first-order valence-corrected chi connectivity index (χ1v) is 3.05. The minimum absolute atomic E-state index is 0.0165. The maximum atomic E-state index is 12.4. The zero-order chi connectivity index (χ0) is 7.72. The average molecular weight is 163 g/mol. The van der Waals surface area contributed by atoms with Crippen molar-refractivity contribution in [3.63, 3.8) is 0 Å². The van der Waals surface area contributed by atoms with Crippen LogP contribution in [0.25, 0.3) is 0 Å². The summed E-state index contributed by atoms with van der Waals surface area (Å²) >= 11 is 5.39. The first-order chi connectivity index (χ1) is 4.61. The first kappa shape index (κ1) is 7.28. The normalized spacial score (nSPS) is 9.90. The molecule has 0 bridgehead atoms. The van der Waals surface area contributed by atoms with E-state index in [2.05, 4.69) is 0 Å². The van der Waals surface area contributed by atoms with Crippen LogP contribution >= 0.6 is 11.6 Å². The van der Waals surface area contributed by atoms with Crippen LogP contribution in [0, 0.1) is 12.7 Å². The molecule has 0 fully saturated rings. The predicted molar refractivity (Wildman–Crippen MR) is 33.5 cm³/mol. The summed E-state index contributed by atoms with van der Waals surface area (Å²) in [5.74, 6) is -0.630. The second-order valence-corrected chi connectivity index (χ2v) is 2.36. The van der Waals surface area contributed by atoms with E-state index in [1.165, 1.54) is 6.07 Å². The Labute approximate surface area is 62.4 Å². The molecule has 0 radical (unpaired) electrons. The molecule has 0 spiro atoms. The van der Waals surface area contributed by atoms with Gasteiger partial charge in [0.05, 0.1) is 5.02 Å². The van der Waals surface area contributed by atoms with Gasteiger partial charge in [0.15, 0.2) is 0 Å². The Hall–Kier alpha value is -0.830. The van der Waals surface area contributed by atoms with Crippen LogP contribution in [-0.2, 0) is 0 Å². The number of pyridine rings is 1. The molecule has 0 unspecified atom stereocenters. The lowest BCUT2D eigenvalue weighted by atomic mass is 10.4. The Morgan fingerprint density at radius 1 is 1.70 bits per heavy atom. The minimum Gasteiger partial charge on any atom is -0.285 e. The summed E-state index contributed by atoms with van der Waals surface area (Å²) in [6.07, 6.45) is 0.914. The highest BCUT2D eigenvalue weighted by molar-refractivity contribution is 6.30. The molecule has 0 amide bonds. The SMILES string of the molecule is Cc1cc(Cl)c(F)c[n+]1O. The van der Waals surface area contributed by atoms with Crippen molar-refractivity contribution in [1.82, 2.24) is 0 Å². The van der Waals surface area contributed by atoms with Gasteiger partial charge < -0.3 is 0 Å². The molecule has 1 N–H and O–H groups in total. The molecule has 1 heterocycles. The van der Waals surface area contributed by atoms with E-state index in [4.69, 9.17) is 16.8 Å². The molecular weight excluding hydrogens is 157 g/mol. The summed E-state index contributed by atoms with van der Waals surface area (Å²) in [7, 11) is 0. The zero-order valence-corrected chi connectivity index (χ0v) is 6.06. The monoisotopic (exact) mass is 162 g/mol. The van der Waals surface area contributed by atoms with Gasteiger partial charge in [-0.25, -0.2) is 0 Å². The van der Waals surface area contributed by atoms with Gasteiger partial charge in [-0.3, -0.25) is 5.21 Å². The molecule has 1 rings (SSSR count). The standard InChI is InChI=1S/C6H6ClFNO/c1-4-2-5(7)6(8)3-9(4)10/h2-3,10H,1H3/q+1. The molecule has 0 aliphatic heterocycles. The number of halogens is 2. The van der Waals surface area contributed by atoms with Gasteiger partial charge in [0.25, 0.3) is 6.20 Å². The fourth-order valence-corrected chi connectivity index (χ4v) is 0.796. The summed E-state index contributed by atoms with van der Waals surface area (Å²) in [4.78, 5) is 0. The van der Waals surface area contributed by atoms with Crippen LogP contribution in [0.15, 0.2) is 12.3 Å². The lowest BCUT2D eigenvalue weighted by Gasteiger charge is -1.90. The Kier molecular flexibility index (Phi) is 1.76. The van der Waals surface area contributed by atoms with Gasteiger partial charge in [0.2, 0.25) is 11.5 Å². The molecule has 4 heteroatoms. The molecule has 0 atom stereocenters. The second kappa shape index (κ2) is 2.42. The quantitative estimate of drug-likeness (QED) is 0.452. The fourth-order valence-electron chi connectivity index (χ4n) is 0.589. The van der Waals surface area contributed by atoms with Gasteiger partial charge in [-0.15, -0.1) is 0 Å². The van der Waals surface area contributed by atoms with Gasteiger partial charge in [-0.1, -0.05) is 11.6 Å². The van der Waals surface area contributed by atoms with Crippen LogP contribution in [0.5, 0.6) is 0 Å². The Bertz CT molecular complexity index is 214. The van der Waals surface area contributed by atoms with Gasteiger partial charge >= 0.3 is 0 Å². The van der Waals surface area contributed by atoms with Crippen LogP contribution < -0.4 is 4.73 Å². The molecule has 10 heavy (non-hydrogen) atoms.